The number of aromatic carboxylic acids is 1. The highest BCUT2D eigenvalue weighted by Crippen LogP contribution is 2.48. The SMILES string of the molecule is Cc1ccc(NC(=O)[C@]23CCC[C@H]2OCC3)cc1C(=O)O. The molecule has 0 aromatic heterocycles. The van der Waals surface area contributed by atoms with Crippen molar-refractivity contribution in [1.29, 1.82) is 0 Å². The fraction of sp³-hybridized carbons (Fsp3) is 0.500. The first-order valence-electron chi connectivity index (χ1n) is 7.30. The van der Waals surface area contributed by atoms with E-state index in [9.17, 15) is 9.59 Å². The molecule has 5 nitrogen and oxygen atoms in total. The van der Waals surface area contributed by atoms with Gasteiger partial charge in [0.05, 0.1) is 17.1 Å². The molecular weight excluding hydrogens is 270 g/mol. The molecule has 2 fully saturated rings. The molecule has 1 saturated heterocycles. The molecular formula is C16H19NO4. The van der Waals surface area contributed by atoms with Crippen LogP contribution in [0.4, 0.5) is 5.69 Å². The lowest BCUT2D eigenvalue weighted by Gasteiger charge is -2.26. The number of carboxylic acids is 1. The molecule has 2 N–H and O–H groups in total. The number of fused-ring (bicyclic) bond motifs is 1. The van der Waals surface area contributed by atoms with Crippen molar-refractivity contribution in [3.8, 4) is 0 Å². The maximum Gasteiger partial charge on any atom is 0.336 e. The number of ether oxygens (including phenoxy) is 1. The third-order valence-electron chi connectivity index (χ3n) is 4.75. The fourth-order valence-electron chi connectivity index (χ4n) is 3.51. The lowest BCUT2D eigenvalue weighted by atomic mass is 9.82. The zero-order valence-corrected chi connectivity index (χ0v) is 12.0. The number of hydrogen-bond acceptors (Lipinski definition) is 3. The first kappa shape index (κ1) is 14.1. The highest BCUT2D eigenvalue weighted by Gasteiger charge is 2.52. The Morgan fingerprint density at radius 3 is 2.95 bits per heavy atom. The molecule has 1 saturated carbocycles. The second-order valence-corrected chi connectivity index (χ2v) is 5.95. The molecule has 0 bridgehead atoms. The number of anilines is 1. The number of carbonyl (C=O) groups excluding carboxylic acids is 1. The predicted octanol–water partition coefficient (Wildman–Crippen LogP) is 2.59. The van der Waals surface area contributed by atoms with E-state index in [-0.39, 0.29) is 17.6 Å². The van der Waals surface area contributed by atoms with E-state index in [1.807, 2.05) is 0 Å². The standard InChI is InChI=1S/C16H19NO4/c1-10-4-5-11(9-12(10)14(18)19)17-15(20)16-6-2-3-13(16)21-8-7-16/h4-5,9,13H,2-3,6-8H2,1H3,(H,17,20)(H,18,19)/t13-,16+/m1/s1. The van der Waals surface area contributed by atoms with Crippen LogP contribution in [0.3, 0.4) is 0 Å². The molecule has 112 valence electrons. The van der Waals surface area contributed by atoms with Gasteiger partial charge in [0.1, 0.15) is 0 Å². The van der Waals surface area contributed by atoms with Crippen molar-refractivity contribution in [2.75, 3.05) is 11.9 Å². The third kappa shape index (κ3) is 2.31. The van der Waals surface area contributed by atoms with E-state index < -0.39 is 11.4 Å². The minimum atomic E-state index is -0.982. The monoisotopic (exact) mass is 289 g/mol. The first-order valence-corrected chi connectivity index (χ1v) is 7.30. The molecule has 1 amide bonds. The van der Waals surface area contributed by atoms with Gasteiger partial charge >= 0.3 is 5.97 Å². The fourth-order valence-corrected chi connectivity index (χ4v) is 3.51. The van der Waals surface area contributed by atoms with E-state index in [1.165, 1.54) is 6.07 Å². The summed E-state index contributed by atoms with van der Waals surface area (Å²) >= 11 is 0. The van der Waals surface area contributed by atoms with Crippen LogP contribution in [0.1, 0.15) is 41.6 Å². The molecule has 0 spiro atoms. The van der Waals surface area contributed by atoms with Crippen LogP contribution in [0.15, 0.2) is 18.2 Å². The smallest absolute Gasteiger partial charge is 0.336 e. The van der Waals surface area contributed by atoms with Crippen LogP contribution in [0.25, 0.3) is 0 Å². The zero-order valence-electron chi connectivity index (χ0n) is 12.0. The van der Waals surface area contributed by atoms with E-state index in [4.69, 9.17) is 9.84 Å². The molecule has 1 aromatic rings. The predicted molar refractivity (Wildman–Crippen MR) is 77.4 cm³/mol. The van der Waals surface area contributed by atoms with Gasteiger partial charge in [0.15, 0.2) is 0 Å². The van der Waals surface area contributed by atoms with Crippen LogP contribution in [0.5, 0.6) is 0 Å². The number of rotatable bonds is 3. The topological polar surface area (TPSA) is 75.6 Å². The van der Waals surface area contributed by atoms with Crippen LogP contribution in [-0.2, 0) is 9.53 Å². The maximum absolute atomic E-state index is 12.6. The first-order chi connectivity index (χ1) is 10.0. The van der Waals surface area contributed by atoms with E-state index >= 15 is 0 Å². The van der Waals surface area contributed by atoms with E-state index in [0.717, 1.165) is 25.7 Å². The molecule has 0 unspecified atom stereocenters. The van der Waals surface area contributed by atoms with E-state index in [2.05, 4.69) is 5.32 Å². The molecule has 0 radical (unpaired) electrons. The summed E-state index contributed by atoms with van der Waals surface area (Å²) < 4.78 is 5.67. The molecule has 1 aliphatic carbocycles. The normalized spacial score (nSPS) is 27.4. The van der Waals surface area contributed by atoms with Gasteiger partial charge in [0, 0.05) is 12.3 Å². The van der Waals surface area contributed by atoms with Crippen molar-refractivity contribution in [2.45, 2.75) is 38.7 Å². The number of hydrogen-bond donors (Lipinski definition) is 2. The minimum Gasteiger partial charge on any atom is -0.478 e. The second-order valence-electron chi connectivity index (χ2n) is 5.95. The Morgan fingerprint density at radius 2 is 2.19 bits per heavy atom. The summed E-state index contributed by atoms with van der Waals surface area (Å²) in [6.07, 6.45) is 3.55. The maximum atomic E-state index is 12.6. The summed E-state index contributed by atoms with van der Waals surface area (Å²) in [4.78, 5) is 23.8. The summed E-state index contributed by atoms with van der Waals surface area (Å²) in [5, 5.41) is 12.0. The third-order valence-corrected chi connectivity index (χ3v) is 4.75. The van der Waals surface area contributed by atoms with Crippen LogP contribution >= 0.6 is 0 Å². The van der Waals surface area contributed by atoms with Crippen LogP contribution in [0, 0.1) is 12.3 Å². The summed E-state index contributed by atoms with van der Waals surface area (Å²) in [5.74, 6) is -1.02. The molecule has 1 aromatic carbocycles. The molecule has 1 aliphatic heterocycles. The van der Waals surface area contributed by atoms with Gasteiger partial charge in [-0.3, -0.25) is 4.79 Å². The van der Waals surface area contributed by atoms with Crippen molar-refractivity contribution in [1.82, 2.24) is 0 Å². The number of nitrogens with one attached hydrogen (secondary N) is 1. The van der Waals surface area contributed by atoms with Crippen molar-refractivity contribution in [3.05, 3.63) is 29.3 Å². The van der Waals surface area contributed by atoms with Gasteiger partial charge in [-0.05, 0) is 50.3 Å². The highest BCUT2D eigenvalue weighted by atomic mass is 16.5. The number of aryl methyl sites for hydroxylation is 1. The van der Waals surface area contributed by atoms with Crippen molar-refractivity contribution in [3.63, 3.8) is 0 Å². The van der Waals surface area contributed by atoms with Gasteiger partial charge in [0.2, 0.25) is 5.91 Å². The highest BCUT2D eigenvalue weighted by molar-refractivity contribution is 5.98. The Bertz CT molecular complexity index is 586. The average Bonchev–Trinajstić information content (AvgIpc) is 3.00. The Labute approximate surface area is 123 Å². The lowest BCUT2D eigenvalue weighted by molar-refractivity contribution is -0.127. The van der Waals surface area contributed by atoms with Gasteiger partial charge in [0.25, 0.3) is 0 Å². The van der Waals surface area contributed by atoms with Gasteiger partial charge < -0.3 is 15.2 Å². The lowest BCUT2D eigenvalue weighted by Crippen LogP contribution is -2.39. The number of carboxylic acid groups (broad SMARTS) is 1. The van der Waals surface area contributed by atoms with Gasteiger partial charge in [-0.2, -0.15) is 0 Å². The van der Waals surface area contributed by atoms with Crippen LogP contribution < -0.4 is 5.32 Å². The minimum absolute atomic E-state index is 0.0156. The van der Waals surface area contributed by atoms with Crippen molar-refractivity contribution < 1.29 is 19.4 Å². The number of amides is 1. The molecule has 1 heterocycles. The molecule has 2 aliphatic rings. The van der Waals surface area contributed by atoms with E-state index in [1.54, 1.807) is 19.1 Å². The molecule has 21 heavy (non-hydrogen) atoms. The average molecular weight is 289 g/mol. The Morgan fingerprint density at radius 1 is 1.38 bits per heavy atom. The Kier molecular flexibility index (Phi) is 3.45. The molecule has 2 atom stereocenters. The summed E-state index contributed by atoms with van der Waals surface area (Å²) in [7, 11) is 0. The largest absolute Gasteiger partial charge is 0.478 e. The van der Waals surface area contributed by atoms with E-state index in [0.29, 0.717) is 17.9 Å². The summed E-state index contributed by atoms with van der Waals surface area (Å²) in [6, 6.07) is 4.98. The molecule has 5 heteroatoms. The summed E-state index contributed by atoms with van der Waals surface area (Å²) in [6.45, 7) is 2.37. The van der Waals surface area contributed by atoms with Crippen molar-refractivity contribution >= 4 is 17.6 Å². The Hall–Kier alpha value is -1.88. The Balaban J connectivity index is 1.82. The zero-order chi connectivity index (χ0) is 15.0. The van der Waals surface area contributed by atoms with Crippen LogP contribution in [0.2, 0.25) is 0 Å². The quantitative estimate of drug-likeness (QED) is 0.896. The summed E-state index contributed by atoms with van der Waals surface area (Å²) in [5.41, 5.74) is 1.02. The van der Waals surface area contributed by atoms with Gasteiger partial charge in [-0.1, -0.05) is 6.07 Å². The van der Waals surface area contributed by atoms with Gasteiger partial charge in [-0.25, -0.2) is 4.79 Å². The molecule has 3 rings (SSSR count). The number of carbonyl (C=O) groups is 2. The van der Waals surface area contributed by atoms with Crippen molar-refractivity contribution in [2.24, 2.45) is 5.41 Å². The van der Waals surface area contributed by atoms with Crippen LogP contribution in [-0.4, -0.2) is 29.7 Å². The second kappa shape index (κ2) is 5.15. The van der Waals surface area contributed by atoms with Gasteiger partial charge in [-0.15, -0.1) is 0 Å². The number of benzene rings is 1.